The van der Waals surface area contributed by atoms with E-state index in [0.717, 1.165) is 4.90 Å². The number of hydrogen-bond acceptors (Lipinski definition) is 7. The van der Waals surface area contributed by atoms with Crippen LogP contribution in [0.4, 0.5) is 6.01 Å². The van der Waals surface area contributed by atoms with Crippen LogP contribution >= 0.6 is 0 Å². The van der Waals surface area contributed by atoms with Gasteiger partial charge in [0.15, 0.2) is 0 Å². The number of rotatable bonds is 4. The molecule has 2 atom stereocenters. The van der Waals surface area contributed by atoms with Gasteiger partial charge in [0.25, 0.3) is 5.91 Å². The Bertz CT molecular complexity index is 486. The summed E-state index contributed by atoms with van der Waals surface area (Å²) in [5, 5.41) is 13.6. The number of likely N-dealkylation sites (tertiary alicyclic amines) is 1. The lowest BCUT2D eigenvalue weighted by Gasteiger charge is -2.27. The number of carbonyl (C=O) groups is 2. The third-order valence-corrected chi connectivity index (χ3v) is 3.19. The maximum absolute atomic E-state index is 11.9. The summed E-state index contributed by atoms with van der Waals surface area (Å²) in [4.78, 5) is 24.3. The van der Waals surface area contributed by atoms with Crippen LogP contribution in [0.2, 0.25) is 0 Å². The highest BCUT2D eigenvalue weighted by atomic mass is 16.4. The van der Waals surface area contributed by atoms with Crippen LogP contribution in [-0.4, -0.2) is 47.0 Å². The van der Waals surface area contributed by atoms with E-state index in [9.17, 15) is 9.59 Å². The number of likely N-dealkylation sites (N-methyl/N-ethyl adjacent to an activating group) is 1. The summed E-state index contributed by atoms with van der Waals surface area (Å²) in [5.41, 5.74) is 0. The highest BCUT2D eigenvalue weighted by Crippen LogP contribution is 2.18. The lowest BCUT2D eigenvalue weighted by Crippen LogP contribution is -2.48. The van der Waals surface area contributed by atoms with Gasteiger partial charge in [-0.1, -0.05) is 5.10 Å². The van der Waals surface area contributed by atoms with Crippen molar-refractivity contribution >= 4 is 17.8 Å². The molecule has 0 saturated carbocycles. The molecule has 0 aromatic carbocycles. The van der Waals surface area contributed by atoms with E-state index in [-0.39, 0.29) is 23.9 Å². The van der Waals surface area contributed by atoms with Crippen LogP contribution in [0.5, 0.6) is 0 Å². The van der Waals surface area contributed by atoms with Gasteiger partial charge in [-0.15, -0.1) is 5.10 Å². The summed E-state index contributed by atoms with van der Waals surface area (Å²) >= 11 is 0. The summed E-state index contributed by atoms with van der Waals surface area (Å²) < 4.78 is 5.40. The van der Waals surface area contributed by atoms with Gasteiger partial charge in [0.05, 0.1) is 6.04 Å². The van der Waals surface area contributed by atoms with E-state index in [1.54, 1.807) is 7.05 Å². The molecule has 2 unspecified atom stereocenters. The highest BCUT2D eigenvalue weighted by molar-refractivity contribution is 6.01. The van der Waals surface area contributed by atoms with Gasteiger partial charge in [0.1, 0.15) is 6.04 Å². The average molecular weight is 267 g/mol. The van der Waals surface area contributed by atoms with Crippen LogP contribution < -0.4 is 10.6 Å². The van der Waals surface area contributed by atoms with Gasteiger partial charge >= 0.3 is 6.01 Å². The van der Waals surface area contributed by atoms with Crippen molar-refractivity contribution in [3.8, 4) is 0 Å². The number of aromatic nitrogens is 2. The Kier molecular flexibility index (Phi) is 3.79. The molecule has 2 N–H and O–H groups in total. The van der Waals surface area contributed by atoms with Crippen LogP contribution in [0.3, 0.4) is 0 Å². The van der Waals surface area contributed by atoms with Gasteiger partial charge in [-0.05, 0) is 20.4 Å². The topological polar surface area (TPSA) is 100 Å². The number of carbonyl (C=O) groups excluding carboxylic acids is 2. The second-order valence-corrected chi connectivity index (χ2v) is 4.48. The van der Waals surface area contributed by atoms with Crippen molar-refractivity contribution in [1.82, 2.24) is 20.4 Å². The van der Waals surface area contributed by atoms with Crippen molar-refractivity contribution in [2.75, 3.05) is 19.4 Å². The Morgan fingerprint density at radius 2 is 2.16 bits per heavy atom. The number of hydrogen-bond donors (Lipinski definition) is 2. The fraction of sp³-hybridized carbons (Fsp3) is 0.636. The molecule has 0 aliphatic carbocycles. The Morgan fingerprint density at radius 3 is 2.84 bits per heavy atom. The molecule has 8 heteroatoms. The van der Waals surface area contributed by atoms with Crippen LogP contribution in [0.1, 0.15) is 31.7 Å². The van der Waals surface area contributed by atoms with Gasteiger partial charge in [0.2, 0.25) is 11.8 Å². The van der Waals surface area contributed by atoms with E-state index in [0.29, 0.717) is 18.7 Å². The van der Waals surface area contributed by atoms with E-state index in [4.69, 9.17) is 4.42 Å². The zero-order chi connectivity index (χ0) is 14.0. The zero-order valence-electron chi connectivity index (χ0n) is 11.1. The number of piperidine rings is 1. The normalized spacial score (nSPS) is 21.6. The lowest BCUT2D eigenvalue weighted by atomic mass is 10.1. The first-order valence-corrected chi connectivity index (χ1v) is 6.10. The first kappa shape index (κ1) is 13.5. The first-order valence-electron chi connectivity index (χ1n) is 6.10. The average Bonchev–Trinajstić information content (AvgIpc) is 2.87. The van der Waals surface area contributed by atoms with Gasteiger partial charge < -0.3 is 15.1 Å². The fourth-order valence-electron chi connectivity index (χ4n) is 1.79. The summed E-state index contributed by atoms with van der Waals surface area (Å²) in [6.07, 6.45) is 0.759. The zero-order valence-corrected chi connectivity index (χ0v) is 11.1. The molecule has 1 aromatic heterocycles. The van der Waals surface area contributed by atoms with Gasteiger partial charge in [-0.25, -0.2) is 0 Å². The van der Waals surface area contributed by atoms with Crippen LogP contribution in [-0.2, 0) is 9.59 Å². The van der Waals surface area contributed by atoms with Crippen molar-refractivity contribution in [3.63, 3.8) is 0 Å². The van der Waals surface area contributed by atoms with E-state index < -0.39 is 6.04 Å². The lowest BCUT2D eigenvalue weighted by molar-refractivity contribution is -0.146. The monoisotopic (exact) mass is 267 g/mol. The maximum Gasteiger partial charge on any atom is 0.316 e. The molecule has 1 saturated heterocycles. The first-order chi connectivity index (χ1) is 9.02. The molecule has 8 nitrogen and oxygen atoms in total. The molecule has 1 aromatic rings. The third-order valence-electron chi connectivity index (χ3n) is 3.19. The summed E-state index contributed by atoms with van der Waals surface area (Å²) in [6.45, 7) is 1.88. The fourth-order valence-corrected chi connectivity index (χ4v) is 1.79. The van der Waals surface area contributed by atoms with Crippen molar-refractivity contribution < 1.29 is 14.0 Å². The van der Waals surface area contributed by atoms with E-state index in [1.807, 2.05) is 6.92 Å². The second-order valence-electron chi connectivity index (χ2n) is 4.48. The van der Waals surface area contributed by atoms with Crippen molar-refractivity contribution in [2.45, 2.75) is 31.8 Å². The number of imide groups is 1. The molecular weight excluding hydrogens is 250 g/mol. The Labute approximate surface area is 110 Å². The smallest absolute Gasteiger partial charge is 0.316 e. The summed E-state index contributed by atoms with van der Waals surface area (Å²) in [7, 11) is 3.26. The predicted molar refractivity (Wildman–Crippen MR) is 66.2 cm³/mol. The minimum Gasteiger partial charge on any atom is -0.406 e. The van der Waals surface area contributed by atoms with E-state index in [2.05, 4.69) is 20.8 Å². The number of nitrogens with one attached hydrogen (secondary N) is 2. The Hall–Kier alpha value is -1.96. The molecule has 0 radical (unpaired) electrons. The molecule has 2 amide bonds. The number of amides is 2. The predicted octanol–water partition coefficient (Wildman–Crippen LogP) is -0.0907. The van der Waals surface area contributed by atoms with Gasteiger partial charge in [0, 0.05) is 13.5 Å². The largest absolute Gasteiger partial charge is 0.406 e. The van der Waals surface area contributed by atoms with Crippen molar-refractivity contribution in [2.24, 2.45) is 0 Å². The van der Waals surface area contributed by atoms with Crippen LogP contribution in [0.25, 0.3) is 0 Å². The highest BCUT2D eigenvalue weighted by Gasteiger charge is 2.32. The van der Waals surface area contributed by atoms with Crippen molar-refractivity contribution in [3.05, 3.63) is 5.89 Å². The van der Waals surface area contributed by atoms with Gasteiger partial charge in [-0.2, -0.15) is 0 Å². The standard InChI is InChI=1S/C11H17N5O3/c1-6(12-2)9-14-15-11(19-9)13-7-4-5-8(17)16(3)10(7)18/h6-7,12H,4-5H2,1-3H3,(H,13,15). The minimum atomic E-state index is -0.499. The molecular formula is C11H17N5O3. The summed E-state index contributed by atoms with van der Waals surface area (Å²) in [6, 6.07) is -0.367. The third kappa shape index (κ3) is 2.73. The molecule has 1 aliphatic heterocycles. The van der Waals surface area contributed by atoms with E-state index >= 15 is 0 Å². The molecule has 1 aliphatic rings. The molecule has 1 fully saturated rings. The molecule has 2 heterocycles. The van der Waals surface area contributed by atoms with Crippen LogP contribution in [0, 0.1) is 0 Å². The molecule has 19 heavy (non-hydrogen) atoms. The number of anilines is 1. The second kappa shape index (κ2) is 5.35. The minimum absolute atomic E-state index is 0.0608. The molecule has 0 spiro atoms. The van der Waals surface area contributed by atoms with Crippen LogP contribution in [0.15, 0.2) is 4.42 Å². The summed E-state index contributed by atoms with van der Waals surface area (Å²) in [5.74, 6) is -0.00609. The number of nitrogens with zero attached hydrogens (tertiary/aromatic N) is 3. The molecule has 0 bridgehead atoms. The Balaban J connectivity index is 2.03. The van der Waals surface area contributed by atoms with E-state index in [1.165, 1.54) is 7.05 Å². The molecule has 2 rings (SSSR count). The Morgan fingerprint density at radius 1 is 1.42 bits per heavy atom. The van der Waals surface area contributed by atoms with Gasteiger partial charge in [-0.3, -0.25) is 14.5 Å². The quantitative estimate of drug-likeness (QED) is 0.735. The maximum atomic E-state index is 11.9. The molecule has 104 valence electrons. The SMILES string of the molecule is CNC(C)c1nnc(NC2CCC(=O)N(C)C2=O)o1. The van der Waals surface area contributed by atoms with Crippen molar-refractivity contribution in [1.29, 1.82) is 0 Å².